The first-order valence-corrected chi connectivity index (χ1v) is 7.28. The average Bonchev–Trinajstić information content (AvgIpc) is 2.35. The van der Waals surface area contributed by atoms with Crippen LogP contribution in [0.25, 0.3) is 17.0 Å². The van der Waals surface area contributed by atoms with Crippen molar-refractivity contribution in [3.8, 4) is 5.75 Å². The predicted octanol–water partition coefficient (Wildman–Crippen LogP) is 4.41. The lowest BCUT2D eigenvalue weighted by atomic mass is 9.92. The molecule has 3 nitrogen and oxygen atoms in total. The third kappa shape index (κ3) is 2.27. The lowest BCUT2D eigenvalue weighted by Crippen LogP contribution is -2.27. The van der Waals surface area contributed by atoms with Gasteiger partial charge in [0, 0.05) is 11.5 Å². The van der Waals surface area contributed by atoms with E-state index in [0.29, 0.717) is 5.58 Å². The summed E-state index contributed by atoms with van der Waals surface area (Å²) in [4.78, 5) is 11.9. The number of aryl methyl sites for hydroxylation is 1. The number of benzene rings is 1. The lowest BCUT2D eigenvalue weighted by molar-refractivity contribution is 0.159. The summed E-state index contributed by atoms with van der Waals surface area (Å²) in [6.07, 6.45) is 3.99. The van der Waals surface area contributed by atoms with Gasteiger partial charge in [0.15, 0.2) is 0 Å². The molecule has 0 spiro atoms. The highest BCUT2D eigenvalue weighted by Crippen LogP contribution is 2.39. The molecule has 0 N–H and O–H groups in total. The van der Waals surface area contributed by atoms with Crippen molar-refractivity contribution in [2.75, 3.05) is 0 Å². The molecule has 0 atom stereocenters. The normalized spacial score (nSPS) is 16.1. The zero-order valence-corrected chi connectivity index (χ0v) is 13.1. The fourth-order valence-corrected chi connectivity index (χ4v) is 2.87. The van der Waals surface area contributed by atoms with Crippen molar-refractivity contribution in [3.05, 3.63) is 45.3 Å². The van der Waals surface area contributed by atoms with E-state index in [1.807, 2.05) is 39.0 Å². The predicted molar refractivity (Wildman–Crippen MR) is 85.1 cm³/mol. The molecule has 0 saturated carbocycles. The molecule has 0 unspecified atom stereocenters. The molecule has 0 fully saturated rings. The van der Waals surface area contributed by atoms with Gasteiger partial charge in [-0.25, -0.2) is 4.79 Å². The second-order valence-electron chi connectivity index (χ2n) is 6.52. The zero-order valence-electron chi connectivity index (χ0n) is 13.1. The van der Waals surface area contributed by atoms with Gasteiger partial charge in [-0.15, -0.1) is 0 Å². The van der Waals surface area contributed by atoms with Gasteiger partial charge < -0.3 is 9.15 Å². The summed E-state index contributed by atoms with van der Waals surface area (Å²) >= 11 is 0. The molecule has 1 aliphatic rings. The maximum atomic E-state index is 11.9. The topological polar surface area (TPSA) is 39.4 Å². The Balaban J connectivity index is 2.43. The van der Waals surface area contributed by atoms with Crippen LogP contribution in [0.5, 0.6) is 5.75 Å². The molecule has 2 aromatic rings. The Bertz CT molecular complexity index is 807. The van der Waals surface area contributed by atoms with Crippen LogP contribution in [0.2, 0.25) is 0 Å². The molecule has 2 heterocycles. The quantitative estimate of drug-likeness (QED) is 0.728. The van der Waals surface area contributed by atoms with Gasteiger partial charge in [0.25, 0.3) is 0 Å². The monoisotopic (exact) mass is 284 g/mol. The molecule has 0 bridgehead atoms. The van der Waals surface area contributed by atoms with E-state index in [9.17, 15) is 4.79 Å². The molecular formula is C18H20O3. The highest BCUT2D eigenvalue weighted by Gasteiger charge is 2.25. The van der Waals surface area contributed by atoms with Crippen LogP contribution in [0.1, 0.15) is 50.3 Å². The number of hydrogen-bond donors (Lipinski definition) is 0. The first-order chi connectivity index (χ1) is 9.78. The van der Waals surface area contributed by atoms with Crippen LogP contribution in [0.3, 0.4) is 0 Å². The summed E-state index contributed by atoms with van der Waals surface area (Å²) in [7, 11) is 0. The van der Waals surface area contributed by atoms with Crippen LogP contribution < -0.4 is 10.4 Å². The molecule has 0 radical (unpaired) electrons. The molecule has 1 aliphatic heterocycles. The average molecular weight is 284 g/mol. The minimum Gasteiger partial charge on any atom is -0.483 e. The summed E-state index contributed by atoms with van der Waals surface area (Å²) in [5, 5.41) is 1.02. The maximum absolute atomic E-state index is 11.9. The van der Waals surface area contributed by atoms with E-state index in [1.165, 1.54) is 0 Å². The minimum absolute atomic E-state index is 0.262. The van der Waals surface area contributed by atoms with E-state index >= 15 is 0 Å². The molecule has 3 heteroatoms. The standard InChI is InChI=1S/C18H20O3/c1-10(2)13-9-15(19)20-17-12-6-7-18(4,5)21-14(12)8-11(3)16(13)17/h6-10H,1-5H3. The smallest absolute Gasteiger partial charge is 0.336 e. The van der Waals surface area contributed by atoms with Crippen molar-refractivity contribution in [1.82, 2.24) is 0 Å². The van der Waals surface area contributed by atoms with E-state index < -0.39 is 0 Å². The molecule has 21 heavy (non-hydrogen) atoms. The van der Waals surface area contributed by atoms with Gasteiger partial charge in [0.2, 0.25) is 0 Å². The Morgan fingerprint density at radius 1 is 1.19 bits per heavy atom. The summed E-state index contributed by atoms with van der Waals surface area (Å²) in [6, 6.07) is 3.64. The molecule has 0 saturated heterocycles. The SMILES string of the molecule is Cc1cc2c(c3oc(=O)cc(C(C)C)c13)C=CC(C)(C)O2. The van der Waals surface area contributed by atoms with Crippen LogP contribution in [0.15, 0.2) is 27.4 Å². The third-order valence-corrected chi connectivity index (χ3v) is 3.89. The van der Waals surface area contributed by atoms with Gasteiger partial charge in [-0.3, -0.25) is 0 Å². The van der Waals surface area contributed by atoms with Crippen molar-refractivity contribution in [3.63, 3.8) is 0 Å². The van der Waals surface area contributed by atoms with Crippen molar-refractivity contribution < 1.29 is 9.15 Å². The van der Waals surface area contributed by atoms with E-state index in [0.717, 1.165) is 27.8 Å². The largest absolute Gasteiger partial charge is 0.483 e. The molecule has 1 aromatic carbocycles. The molecule has 0 aliphatic carbocycles. The van der Waals surface area contributed by atoms with Crippen LogP contribution in [-0.4, -0.2) is 5.60 Å². The van der Waals surface area contributed by atoms with E-state index in [-0.39, 0.29) is 17.1 Å². The van der Waals surface area contributed by atoms with Gasteiger partial charge in [0.05, 0.1) is 5.56 Å². The summed E-state index contributed by atoms with van der Waals surface area (Å²) < 4.78 is 11.5. The van der Waals surface area contributed by atoms with Gasteiger partial charge in [0.1, 0.15) is 16.9 Å². The Morgan fingerprint density at radius 3 is 2.57 bits per heavy atom. The van der Waals surface area contributed by atoms with Gasteiger partial charge in [-0.2, -0.15) is 0 Å². The minimum atomic E-state index is -0.344. The van der Waals surface area contributed by atoms with Crippen molar-refractivity contribution in [2.45, 2.75) is 46.1 Å². The van der Waals surface area contributed by atoms with Gasteiger partial charge in [-0.1, -0.05) is 13.8 Å². The Hall–Kier alpha value is -2.03. The van der Waals surface area contributed by atoms with E-state index in [1.54, 1.807) is 6.07 Å². The molecule has 3 rings (SSSR count). The second kappa shape index (κ2) is 4.48. The van der Waals surface area contributed by atoms with Crippen molar-refractivity contribution in [1.29, 1.82) is 0 Å². The molecule has 0 amide bonds. The first kappa shape index (κ1) is 13.9. The van der Waals surface area contributed by atoms with Gasteiger partial charge in [-0.05, 0) is 56.0 Å². The van der Waals surface area contributed by atoms with Crippen molar-refractivity contribution >= 4 is 17.0 Å². The summed E-state index contributed by atoms with van der Waals surface area (Å²) in [6.45, 7) is 10.2. The highest BCUT2D eigenvalue weighted by atomic mass is 16.5. The Kier molecular flexibility index (Phi) is 2.97. The summed E-state index contributed by atoms with van der Waals surface area (Å²) in [5.74, 6) is 1.04. The number of ether oxygens (including phenoxy) is 1. The fraction of sp³-hybridized carbons (Fsp3) is 0.389. The van der Waals surface area contributed by atoms with Gasteiger partial charge >= 0.3 is 5.63 Å². The molecule has 110 valence electrons. The van der Waals surface area contributed by atoms with Crippen LogP contribution in [0.4, 0.5) is 0 Å². The first-order valence-electron chi connectivity index (χ1n) is 7.28. The fourth-order valence-electron chi connectivity index (χ4n) is 2.87. The molecule has 1 aromatic heterocycles. The van der Waals surface area contributed by atoms with E-state index in [2.05, 4.69) is 13.8 Å². The van der Waals surface area contributed by atoms with Crippen LogP contribution >= 0.6 is 0 Å². The van der Waals surface area contributed by atoms with Crippen LogP contribution in [-0.2, 0) is 0 Å². The van der Waals surface area contributed by atoms with E-state index in [4.69, 9.17) is 9.15 Å². The van der Waals surface area contributed by atoms with Crippen molar-refractivity contribution in [2.24, 2.45) is 0 Å². The molecular weight excluding hydrogens is 264 g/mol. The second-order valence-corrected chi connectivity index (χ2v) is 6.52. The lowest BCUT2D eigenvalue weighted by Gasteiger charge is -2.28. The Morgan fingerprint density at radius 2 is 1.90 bits per heavy atom. The summed E-state index contributed by atoms with van der Waals surface area (Å²) in [5.41, 5.74) is 2.94. The Labute approximate surface area is 124 Å². The zero-order chi connectivity index (χ0) is 15.4. The van der Waals surface area contributed by atoms with Crippen LogP contribution in [0, 0.1) is 6.92 Å². The number of fused-ring (bicyclic) bond motifs is 3. The number of hydrogen-bond acceptors (Lipinski definition) is 3. The third-order valence-electron chi connectivity index (χ3n) is 3.89. The maximum Gasteiger partial charge on any atom is 0.336 e. The number of rotatable bonds is 1. The highest BCUT2D eigenvalue weighted by molar-refractivity contribution is 5.93.